The SMILES string of the molecule is CC1CCN1c1ccc2cc(C(=O)NC3CCC(C(C)(C)O)CC3)cnc2n1. The summed E-state index contributed by atoms with van der Waals surface area (Å²) in [5, 5.41) is 14.2. The number of aliphatic hydroxyl groups is 1. The Labute approximate surface area is 166 Å². The Kier molecular flexibility index (Phi) is 5.00. The molecule has 6 heteroatoms. The Morgan fingerprint density at radius 1 is 1.21 bits per heavy atom. The van der Waals surface area contributed by atoms with E-state index in [0.717, 1.165) is 43.4 Å². The van der Waals surface area contributed by atoms with Gasteiger partial charge in [-0.05, 0) is 77.0 Å². The topological polar surface area (TPSA) is 78.4 Å². The van der Waals surface area contributed by atoms with Crippen molar-refractivity contribution in [1.29, 1.82) is 0 Å². The van der Waals surface area contributed by atoms with Crippen LogP contribution in [-0.2, 0) is 0 Å². The van der Waals surface area contributed by atoms with Crippen LogP contribution in [0.5, 0.6) is 0 Å². The van der Waals surface area contributed by atoms with Gasteiger partial charge in [0, 0.05) is 30.2 Å². The maximum absolute atomic E-state index is 12.7. The smallest absolute Gasteiger partial charge is 0.253 e. The number of carbonyl (C=O) groups is 1. The molecule has 0 spiro atoms. The van der Waals surface area contributed by atoms with Crippen LogP contribution in [0.25, 0.3) is 11.0 Å². The molecule has 0 aromatic carbocycles. The van der Waals surface area contributed by atoms with Gasteiger partial charge in [0.15, 0.2) is 5.65 Å². The molecule has 3 heterocycles. The van der Waals surface area contributed by atoms with Gasteiger partial charge in [-0.2, -0.15) is 0 Å². The van der Waals surface area contributed by atoms with Gasteiger partial charge in [0.1, 0.15) is 5.82 Å². The van der Waals surface area contributed by atoms with Gasteiger partial charge in [-0.1, -0.05) is 0 Å². The monoisotopic (exact) mass is 382 g/mol. The number of aromatic nitrogens is 2. The third-order valence-corrected chi connectivity index (χ3v) is 6.47. The first-order valence-corrected chi connectivity index (χ1v) is 10.4. The molecule has 2 aromatic rings. The summed E-state index contributed by atoms with van der Waals surface area (Å²) in [6, 6.07) is 6.58. The molecule has 1 unspecified atom stereocenters. The van der Waals surface area contributed by atoms with Crippen LogP contribution in [0.2, 0.25) is 0 Å². The molecule has 1 saturated heterocycles. The van der Waals surface area contributed by atoms with Crippen LogP contribution in [0.4, 0.5) is 5.82 Å². The van der Waals surface area contributed by atoms with E-state index < -0.39 is 5.60 Å². The lowest BCUT2D eigenvalue weighted by atomic mass is 9.77. The van der Waals surface area contributed by atoms with E-state index in [1.165, 1.54) is 6.42 Å². The molecule has 1 saturated carbocycles. The highest BCUT2D eigenvalue weighted by Crippen LogP contribution is 2.32. The van der Waals surface area contributed by atoms with E-state index in [4.69, 9.17) is 0 Å². The fourth-order valence-electron chi connectivity index (χ4n) is 4.35. The zero-order valence-corrected chi connectivity index (χ0v) is 17.0. The lowest BCUT2D eigenvalue weighted by Crippen LogP contribution is -2.46. The van der Waals surface area contributed by atoms with Crippen LogP contribution in [0, 0.1) is 5.92 Å². The minimum Gasteiger partial charge on any atom is -0.390 e. The van der Waals surface area contributed by atoms with Crippen molar-refractivity contribution in [1.82, 2.24) is 15.3 Å². The van der Waals surface area contributed by atoms with Crippen LogP contribution in [0.3, 0.4) is 0 Å². The lowest BCUT2D eigenvalue weighted by Gasteiger charge is -2.39. The van der Waals surface area contributed by atoms with Gasteiger partial charge >= 0.3 is 0 Å². The van der Waals surface area contributed by atoms with E-state index in [-0.39, 0.29) is 11.9 Å². The van der Waals surface area contributed by atoms with Crippen LogP contribution in [0.15, 0.2) is 24.4 Å². The highest BCUT2D eigenvalue weighted by atomic mass is 16.3. The van der Waals surface area contributed by atoms with Crippen LogP contribution >= 0.6 is 0 Å². The maximum atomic E-state index is 12.7. The summed E-state index contributed by atoms with van der Waals surface area (Å²) in [7, 11) is 0. The van der Waals surface area contributed by atoms with Gasteiger partial charge in [-0.25, -0.2) is 9.97 Å². The molecule has 150 valence electrons. The normalized spacial score (nSPS) is 25.4. The minimum atomic E-state index is -0.642. The zero-order chi connectivity index (χ0) is 19.9. The molecule has 6 nitrogen and oxygen atoms in total. The standard InChI is InChI=1S/C22H30N4O2/c1-14-10-11-26(14)19-9-4-15-12-16(13-23-20(15)25-19)21(27)24-18-7-5-17(6-8-18)22(2,3)28/h4,9,12-14,17-18,28H,5-8,10-11H2,1-3H3,(H,24,27). The summed E-state index contributed by atoms with van der Waals surface area (Å²) in [4.78, 5) is 24.0. The molecule has 1 aliphatic carbocycles. The molecule has 1 atom stereocenters. The van der Waals surface area contributed by atoms with E-state index in [2.05, 4.69) is 27.1 Å². The summed E-state index contributed by atoms with van der Waals surface area (Å²) >= 11 is 0. The van der Waals surface area contributed by atoms with Crippen molar-refractivity contribution in [3.63, 3.8) is 0 Å². The molecule has 2 aliphatic rings. The number of carbonyl (C=O) groups excluding carboxylic acids is 1. The molecule has 0 radical (unpaired) electrons. The van der Waals surface area contributed by atoms with Crippen molar-refractivity contribution >= 4 is 22.8 Å². The van der Waals surface area contributed by atoms with Gasteiger partial charge in [-0.3, -0.25) is 4.79 Å². The number of hydrogen-bond acceptors (Lipinski definition) is 5. The number of pyridine rings is 2. The number of hydrogen-bond donors (Lipinski definition) is 2. The zero-order valence-electron chi connectivity index (χ0n) is 17.0. The third-order valence-electron chi connectivity index (χ3n) is 6.47. The number of nitrogens with zero attached hydrogens (tertiary/aromatic N) is 3. The van der Waals surface area contributed by atoms with E-state index in [0.29, 0.717) is 23.2 Å². The van der Waals surface area contributed by atoms with E-state index in [1.807, 2.05) is 32.0 Å². The molecule has 2 aromatic heterocycles. The molecule has 4 rings (SSSR count). The Morgan fingerprint density at radius 3 is 2.57 bits per heavy atom. The Hall–Kier alpha value is -2.21. The molecule has 0 bridgehead atoms. The molecular weight excluding hydrogens is 352 g/mol. The van der Waals surface area contributed by atoms with E-state index >= 15 is 0 Å². The summed E-state index contributed by atoms with van der Waals surface area (Å²) in [5.41, 5.74) is 0.611. The second-order valence-corrected chi connectivity index (χ2v) is 8.95. The van der Waals surface area contributed by atoms with Crippen molar-refractivity contribution in [2.24, 2.45) is 5.92 Å². The molecule has 1 aliphatic heterocycles. The Morgan fingerprint density at radius 2 is 1.96 bits per heavy atom. The number of amides is 1. The van der Waals surface area contributed by atoms with Gasteiger partial charge in [-0.15, -0.1) is 0 Å². The van der Waals surface area contributed by atoms with Crippen LogP contribution < -0.4 is 10.2 Å². The van der Waals surface area contributed by atoms with E-state index in [9.17, 15) is 9.90 Å². The highest BCUT2D eigenvalue weighted by Gasteiger charge is 2.32. The average Bonchev–Trinajstić information content (AvgIpc) is 2.66. The second-order valence-electron chi connectivity index (χ2n) is 8.95. The number of nitrogens with one attached hydrogen (secondary N) is 1. The van der Waals surface area contributed by atoms with Crippen molar-refractivity contribution in [3.8, 4) is 0 Å². The highest BCUT2D eigenvalue weighted by molar-refractivity contribution is 5.97. The van der Waals surface area contributed by atoms with Crippen LogP contribution in [0.1, 0.15) is 63.2 Å². The van der Waals surface area contributed by atoms with Crippen molar-refractivity contribution in [3.05, 3.63) is 30.0 Å². The molecule has 1 amide bonds. The molecule has 2 fully saturated rings. The predicted molar refractivity (Wildman–Crippen MR) is 110 cm³/mol. The second kappa shape index (κ2) is 7.32. The molecule has 28 heavy (non-hydrogen) atoms. The van der Waals surface area contributed by atoms with Crippen molar-refractivity contribution < 1.29 is 9.90 Å². The van der Waals surface area contributed by atoms with Gasteiger partial charge < -0.3 is 15.3 Å². The van der Waals surface area contributed by atoms with Gasteiger partial charge in [0.05, 0.1) is 11.2 Å². The minimum absolute atomic E-state index is 0.0819. The number of anilines is 1. The van der Waals surface area contributed by atoms with Crippen molar-refractivity contribution in [2.75, 3.05) is 11.4 Å². The number of rotatable bonds is 4. The van der Waals surface area contributed by atoms with Crippen molar-refractivity contribution in [2.45, 2.75) is 70.6 Å². The summed E-state index contributed by atoms with van der Waals surface area (Å²) in [6.45, 7) is 6.99. The first kappa shape index (κ1) is 19.1. The molecular formula is C22H30N4O2. The first-order chi connectivity index (χ1) is 13.3. The van der Waals surface area contributed by atoms with Gasteiger partial charge in [0.25, 0.3) is 5.91 Å². The number of fused-ring (bicyclic) bond motifs is 1. The fourth-order valence-corrected chi connectivity index (χ4v) is 4.35. The quantitative estimate of drug-likeness (QED) is 0.848. The molecule has 2 N–H and O–H groups in total. The largest absolute Gasteiger partial charge is 0.390 e. The van der Waals surface area contributed by atoms with Crippen LogP contribution in [-0.4, -0.2) is 45.2 Å². The maximum Gasteiger partial charge on any atom is 0.253 e. The fraction of sp³-hybridized carbons (Fsp3) is 0.591. The summed E-state index contributed by atoms with van der Waals surface area (Å²) in [5.74, 6) is 1.18. The predicted octanol–water partition coefficient (Wildman–Crippen LogP) is 3.29. The third kappa shape index (κ3) is 3.83. The summed E-state index contributed by atoms with van der Waals surface area (Å²) in [6.07, 6.45) is 6.50. The Bertz CT molecular complexity index is 868. The average molecular weight is 383 g/mol. The summed E-state index contributed by atoms with van der Waals surface area (Å²) < 4.78 is 0. The van der Waals surface area contributed by atoms with Gasteiger partial charge in [0.2, 0.25) is 0 Å². The first-order valence-electron chi connectivity index (χ1n) is 10.4. The Balaban J connectivity index is 1.41. The lowest BCUT2D eigenvalue weighted by molar-refractivity contribution is -0.00257. The van der Waals surface area contributed by atoms with E-state index in [1.54, 1.807) is 6.20 Å².